The molecule has 96 valence electrons. The van der Waals surface area contributed by atoms with Crippen LogP contribution in [0.2, 0.25) is 0 Å². The summed E-state index contributed by atoms with van der Waals surface area (Å²) >= 11 is 1.26. The minimum atomic E-state index is -0.324. The Kier molecular flexibility index (Phi) is 4.39. The van der Waals surface area contributed by atoms with Crippen molar-refractivity contribution in [1.29, 1.82) is 0 Å². The Morgan fingerprint density at radius 3 is 2.65 bits per heavy atom. The highest BCUT2D eigenvalue weighted by molar-refractivity contribution is 8.00. The van der Waals surface area contributed by atoms with Gasteiger partial charge in [-0.15, -0.1) is 5.10 Å². The summed E-state index contributed by atoms with van der Waals surface area (Å²) in [4.78, 5) is 15.6. The van der Waals surface area contributed by atoms with Gasteiger partial charge in [0.15, 0.2) is 0 Å². The Morgan fingerprint density at radius 2 is 2.24 bits per heavy atom. The number of thioether (sulfide) groups is 1. The van der Waals surface area contributed by atoms with E-state index in [2.05, 4.69) is 36.0 Å². The molecule has 0 saturated heterocycles. The van der Waals surface area contributed by atoms with Crippen molar-refractivity contribution in [3.63, 3.8) is 0 Å². The Morgan fingerprint density at radius 1 is 1.59 bits per heavy atom. The fourth-order valence-corrected chi connectivity index (χ4v) is 2.58. The number of esters is 1. The van der Waals surface area contributed by atoms with Crippen LogP contribution in [-0.4, -0.2) is 33.5 Å². The molecule has 7 heteroatoms. The summed E-state index contributed by atoms with van der Waals surface area (Å²) in [6.07, 6.45) is 0.679. The van der Waals surface area contributed by atoms with Crippen LogP contribution in [0.25, 0.3) is 0 Å². The molecule has 3 N–H and O–H groups in total. The number of nitrogens with zero attached hydrogens (tertiary/aromatic N) is 2. The average molecular weight is 258 g/mol. The number of ether oxygens (including phenoxy) is 1. The van der Waals surface area contributed by atoms with Crippen LogP contribution in [0, 0.1) is 5.41 Å². The van der Waals surface area contributed by atoms with E-state index in [-0.39, 0.29) is 22.6 Å². The number of nitrogens with one attached hydrogen (secondary N) is 1. The van der Waals surface area contributed by atoms with Gasteiger partial charge in [0.25, 0.3) is 0 Å². The minimum absolute atomic E-state index is 0.0215. The number of methoxy groups -OCH3 is 1. The van der Waals surface area contributed by atoms with Crippen molar-refractivity contribution in [3.8, 4) is 0 Å². The fraction of sp³-hybridized carbons (Fsp3) is 0.700. The molecule has 0 bridgehead atoms. The summed E-state index contributed by atoms with van der Waals surface area (Å²) in [5.74, 6) is -0.0276. The molecule has 0 fully saturated rings. The van der Waals surface area contributed by atoms with Crippen molar-refractivity contribution >= 4 is 23.7 Å². The van der Waals surface area contributed by atoms with Gasteiger partial charge in [-0.25, -0.2) is 5.10 Å². The average Bonchev–Trinajstić information content (AvgIpc) is 2.60. The molecular formula is C10H18N4O2S. The van der Waals surface area contributed by atoms with Gasteiger partial charge in [0.05, 0.1) is 7.11 Å². The largest absolute Gasteiger partial charge is 0.468 e. The van der Waals surface area contributed by atoms with E-state index in [4.69, 9.17) is 10.5 Å². The molecule has 1 rings (SSSR count). The third kappa shape index (κ3) is 4.64. The van der Waals surface area contributed by atoms with E-state index < -0.39 is 0 Å². The SMILES string of the molecule is COC(=O)C(CC(C)(C)C)Sc1n[nH]c(N)n1. The zero-order valence-electron chi connectivity index (χ0n) is 10.5. The van der Waals surface area contributed by atoms with E-state index in [1.807, 2.05) is 0 Å². The van der Waals surface area contributed by atoms with E-state index in [0.29, 0.717) is 11.6 Å². The molecule has 1 aromatic heterocycles. The standard InChI is InChI=1S/C10H18N4O2S/c1-10(2,3)5-6(7(15)16-4)17-9-12-8(11)13-14-9/h6H,5H2,1-4H3,(H3,11,12,13,14). The molecule has 0 aromatic carbocycles. The molecule has 1 heterocycles. The molecule has 0 spiro atoms. The second-order valence-electron chi connectivity index (χ2n) is 4.90. The van der Waals surface area contributed by atoms with Gasteiger partial charge in [0, 0.05) is 0 Å². The quantitative estimate of drug-likeness (QED) is 0.627. The van der Waals surface area contributed by atoms with Gasteiger partial charge in [-0.05, 0) is 11.8 Å². The number of aromatic amines is 1. The molecule has 0 aliphatic heterocycles. The number of H-pyrrole nitrogens is 1. The van der Waals surface area contributed by atoms with Gasteiger partial charge >= 0.3 is 5.97 Å². The number of hydrogen-bond donors (Lipinski definition) is 2. The lowest BCUT2D eigenvalue weighted by Crippen LogP contribution is -2.24. The molecule has 6 nitrogen and oxygen atoms in total. The van der Waals surface area contributed by atoms with E-state index in [9.17, 15) is 4.79 Å². The van der Waals surface area contributed by atoms with Gasteiger partial charge in [0.2, 0.25) is 11.1 Å². The maximum atomic E-state index is 11.7. The summed E-state index contributed by atoms with van der Waals surface area (Å²) in [5, 5.41) is 6.57. The number of nitrogens with two attached hydrogens (primary N) is 1. The molecule has 0 aliphatic rings. The van der Waals surface area contributed by atoms with Crippen LogP contribution in [0.1, 0.15) is 27.2 Å². The molecule has 17 heavy (non-hydrogen) atoms. The maximum Gasteiger partial charge on any atom is 0.319 e. The summed E-state index contributed by atoms with van der Waals surface area (Å²) in [5.41, 5.74) is 5.45. The first-order valence-electron chi connectivity index (χ1n) is 5.24. The minimum Gasteiger partial charge on any atom is -0.468 e. The summed E-state index contributed by atoms with van der Waals surface area (Å²) in [6, 6.07) is 0. The van der Waals surface area contributed by atoms with Crippen LogP contribution in [-0.2, 0) is 9.53 Å². The van der Waals surface area contributed by atoms with Crippen molar-refractivity contribution in [3.05, 3.63) is 0 Å². The molecule has 1 unspecified atom stereocenters. The Bertz CT molecular complexity index is 386. The third-order valence-corrected chi connectivity index (χ3v) is 3.03. The number of anilines is 1. The lowest BCUT2D eigenvalue weighted by Gasteiger charge is -2.22. The highest BCUT2D eigenvalue weighted by Gasteiger charge is 2.28. The lowest BCUT2D eigenvalue weighted by molar-refractivity contribution is -0.140. The first-order chi connectivity index (χ1) is 7.81. The number of carbonyl (C=O) groups is 1. The van der Waals surface area contributed by atoms with Gasteiger partial charge in [-0.3, -0.25) is 4.79 Å². The highest BCUT2D eigenvalue weighted by atomic mass is 32.2. The predicted octanol–water partition coefficient (Wildman–Crippen LogP) is 1.46. The first kappa shape index (κ1) is 13.8. The summed E-state index contributed by atoms with van der Waals surface area (Å²) < 4.78 is 4.78. The zero-order valence-corrected chi connectivity index (χ0v) is 11.3. The molecule has 0 radical (unpaired) electrons. The molecular weight excluding hydrogens is 240 g/mol. The second-order valence-corrected chi connectivity index (χ2v) is 6.07. The first-order valence-corrected chi connectivity index (χ1v) is 6.12. The van der Waals surface area contributed by atoms with E-state index >= 15 is 0 Å². The fourth-order valence-electron chi connectivity index (χ4n) is 1.30. The number of hydrogen-bond acceptors (Lipinski definition) is 6. The normalized spacial score (nSPS) is 13.4. The van der Waals surface area contributed by atoms with Gasteiger partial charge in [-0.1, -0.05) is 32.5 Å². The van der Waals surface area contributed by atoms with Gasteiger partial charge in [0.1, 0.15) is 5.25 Å². The topological polar surface area (TPSA) is 93.9 Å². The van der Waals surface area contributed by atoms with Crippen LogP contribution in [0.3, 0.4) is 0 Å². The van der Waals surface area contributed by atoms with Crippen LogP contribution in [0.5, 0.6) is 0 Å². The smallest absolute Gasteiger partial charge is 0.319 e. The molecule has 1 atom stereocenters. The molecule has 0 saturated carbocycles. The second kappa shape index (κ2) is 5.39. The monoisotopic (exact) mass is 258 g/mol. The van der Waals surface area contributed by atoms with Crippen LogP contribution in [0.15, 0.2) is 5.16 Å². The lowest BCUT2D eigenvalue weighted by atomic mass is 9.90. The zero-order chi connectivity index (χ0) is 13.1. The predicted molar refractivity (Wildman–Crippen MR) is 66.5 cm³/mol. The highest BCUT2D eigenvalue weighted by Crippen LogP contribution is 2.31. The Balaban J connectivity index is 2.73. The van der Waals surface area contributed by atoms with Crippen LogP contribution < -0.4 is 5.73 Å². The Hall–Kier alpha value is -1.24. The third-order valence-electron chi connectivity index (χ3n) is 1.99. The summed E-state index contributed by atoms with van der Waals surface area (Å²) in [7, 11) is 1.38. The molecule has 1 aromatic rings. The van der Waals surface area contributed by atoms with Crippen molar-refractivity contribution in [2.75, 3.05) is 12.8 Å². The van der Waals surface area contributed by atoms with Crippen molar-refractivity contribution in [2.24, 2.45) is 5.41 Å². The summed E-state index contributed by atoms with van der Waals surface area (Å²) in [6.45, 7) is 6.20. The number of aromatic nitrogens is 3. The van der Waals surface area contributed by atoms with E-state index in [0.717, 1.165) is 0 Å². The van der Waals surface area contributed by atoms with E-state index in [1.165, 1.54) is 18.9 Å². The number of rotatable bonds is 4. The Labute approximate surface area is 105 Å². The van der Waals surface area contributed by atoms with Crippen molar-refractivity contribution in [1.82, 2.24) is 15.2 Å². The van der Waals surface area contributed by atoms with Crippen LogP contribution >= 0.6 is 11.8 Å². The van der Waals surface area contributed by atoms with Gasteiger partial charge < -0.3 is 10.5 Å². The molecule has 0 aliphatic carbocycles. The molecule has 0 amide bonds. The van der Waals surface area contributed by atoms with Crippen molar-refractivity contribution < 1.29 is 9.53 Å². The number of nitrogen functional groups attached to an aromatic ring is 1. The number of carbonyl (C=O) groups excluding carboxylic acids is 1. The maximum absolute atomic E-state index is 11.7. The van der Waals surface area contributed by atoms with Crippen LogP contribution in [0.4, 0.5) is 5.95 Å². The van der Waals surface area contributed by atoms with Crippen molar-refractivity contribution in [2.45, 2.75) is 37.6 Å². The van der Waals surface area contributed by atoms with E-state index in [1.54, 1.807) is 0 Å². The van der Waals surface area contributed by atoms with Gasteiger partial charge in [-0.2, -0.15) is 4.98 Å².